The molecule has 0 radical (unpaired) electrons. The van der Waals surface area contributed by atoms with Crippen LogP contribution in [0.1, 0.15) is 20.8 Å². The Kier molecular flexibility index (Phi) is 14.0. The largest absolute Gasteiger partial charge is 1.00 e. The summed E-state index contributed by atoms with van der Waals surface area (Å²) in [5.74, 6) is 0. The van der Waals surface area contributed by atoms with E-state index >= 15 is 0 Å². The third kappa shape index (κ3) is 9.56. The van der Waals surface area contributed by atoms with Gasteiger partial charge in [-0.05, 0) is 20.8 Å². The molecule has 0 atom stereocenters. The second kappa shape index (κ2) is 9.56. The van der Waals surface area contributed by atoms with Crippen LogP contribution in [0.25, 0.3) is 0 Å². The maximum Gasteiger partial charge on any atom is 1.00 e. The van der Waals surface area contributed by atoms with Gasteiger partial charge in [0.2, 0.25) is 0 Å². The summed E-state index contributed by atoms with van der Waals surface area (Å²) in [6.07, 6.45) is -0.0370. The van der Waals surface area contributed by atoms with Gasteiger partial charge in [-0.2, -0.15) is 0 Å². The van der Waals surface area contributed by atoms with Gasteiger partial charge in [-0.3, -0.25) is 0 Å². The van der Waals surface area contributed by atoms with Crippen LogP contribution in [-0.4, -0.2) is 19.5 Å². The van der Waals surface area contributed by atoms with Gasteiger partial charge in [0.05, 0.1) is 0 Å². The van der Waals surface area contributed by atoms with Crippen LogP contribution in [0.4, 0.5) is 0 Å². The summed E-state index contributed by atoms with van der Waals surface area (Å²) in [6.45, 7) is 7.25. The molecule has 3 heteroatoms. The van der Waals surface area contributed by atoms with E-state index in [1.165, 1.54) is 0 Å². The topological polar surface area (TPSA) is 18.5 Å². The van der Waals surface area contributed by atoms with Crippen molar-refractivity contribution in [3.8, 4) is 0 Å². The van der Waals surface area contributed by atoms with Gasteiger partial charge in [0.15, 0.2) is 6.29 Å². The molecule has 0 aliphatic carbocycles. The van der Waals surface area contributed by atoms with Crippen LogP contribution in [0, 0.1) is 0 Å². The average Bonchev–Trinajstić information content (AvgIpc) is 1.68. The maximum atomic E-state index is 5.06. The molecule has 0 amide bonds. The Morgan fingerprint density at radius 2 is 1.44 bits per heavy atom. The summed E-state index contributed by atoms with van der Waals surface area (Å²) in [4.78, 5) is 0. The van der Waals surface area contributed by atoms with Gasteiger partial charge < -0.3 is 9.47 Å². The molecule has 9 heavy (non-hydrogen) atoms. The number of hydrogen-bond acceptors (Lipinski definition) is 2. The van der Waals surface area contributed by atoms with Gasteiger partial charge >= 0.3 is 51.4 Å². The Morgan fingerprint density at radius 1 is 1.11 bits per heavy atom. The minimum absolute atomic E-state index is 0. The zero-order valence-electron chi connectivity index (χ0n) is 6.81. The molecule has 2 nitrogen and oxygen atoms in total. The van der Waals surface area contributed by atoms with Gasteiger partial charge in [0.1, 0.15) is 0 Å². The smallest absolute Gasteiger partial charge is 0.353 e. The van der Waals surface area contributed by atoms with E-state index in [0.29, 0.717) is 0 Å². The summed E-state index contributed by atoms with van der Waals surface area (Å²) in [5, 5.41) is 0. The molecule has 0 heterocycles. The molecule has 0 aliphatic heterocycles. The molecular formula is C6H14KO2+. The standard InChI is InChI=1S/C6H14O2.K/c1-4-7-6(3)8-5-2;/h6H,4-5H2,1-3H3;/q;+1. The minimum Gasteiger partial charge on any atom is -0.353 e. The molecule has 0 spiro atoms. The van der Waals surface area contributed by atoms with Crippen molar-refractivity contribution in [2.75, 3.05) is 13.2 Å². The van der Waals surface area contributed by atoms with Crippen molar-refractivity contribution in [2.24, 2.45) is 0 Å². The molecule has 0 unspecified atom stereocenters. The van der Waals surface area contributed by atoms with Gasteiger partial charge in [-0.25, -0.2) is 0 Å². The number of hydrogen-bond donors (Lipinski definition) is 0. The second-order valence-corrected chi connectivity index (χ2v) is 1.48. The molecule has 0 saturated carbocycles. The van der Waals surface area contributed by atoms with Gasteiger partial charge in [-0.1, -0.05) is 0 Å². The fourth-order valence-corrected chi connectivity index (χ4v) is 0.518. The van der Waals surface area contributed by atoms with E-state index in [9.17, 15) is 0 Å². The monoisotopic (exact) mass is 157 g/mol. The van der Waals surface area contributed by atoms with Crippen LogP contribution >= 0.6 is 0 Å². The van der Waals surface area contributed by atoms with Gasteiger partial charge in [0.25, 0.3) is 0 Å². The maximum absolute atomic E-state index is 5.06. The van der Waals surface area contributed by atoms with Crippen molar-refractivity contribution in [1.82, 2.24) is 0 Å². The first-order valence-electron chi connectivity index (χ1n) is 3.04. The first-order chi connectivity index (χ1) is 3.81. The molecule has 0 fully saturated rings. The average molecular weight is 157 g/mol. The fourth-order valence-electron chi connectivity index (χ4n) is 0.518. The van der Waals surface area contributed by atoms with Crippen molar-refractivity contribution < 1.29 is 60.9 Å². The van der Waals surface area contributed by atoms with Crippen LogP contribution in [0.2, 0.25) is 0 Å². The second-order valence-electron chi connectivity index (χ2n) is 1.48. The number of rotatable bonds is 4. The molecule has 0 aromatic heterocycles. The number of ether oxygens (including phenoxy) is 2. The Balaban J connectivity index is 0. The van der Waals surface area contributed by atoms with Gasteiger partial charge in [-0.15, -0.1) is 0 Å². The predicted molar refractivity (Wildman–Crippen MR) is 32.7 cm³/mol. The van der Waals surface area contributed by atoms with Crippen LogP contribution in [0.5, 0.6) is 0 Å². The molecule has 0 bridgehead atoms. The SMILES string of the molecule is CCOC(C)OCC.[K+]. The van der Waals surface area contributed by atoms with Crippen LogP contribution in [-0.2, 0) is 9.47 Å². The van der Waals surface area contributed by atoms with Crippen LogP contribution < -0.4 is 51.4 Å². The molecule has 0 aromatic carbocycles. The zero-order chi connectivity index (χ0) is 6.41. The van der Waals surface area contributed by atoms with Crippen molar-refractivity contribution >= 4 is 0 Å². The van der Waals surface area contributed by atoms with E-state index in [1.54, 1.807) is 0 Å². The zero-order valence-corrected chi connectivity index (χ0v) is 9.93. The van der Waals surface area contributed by atoms with E-state index in [4.69, 9.17) is 9.47 Å². The quantitative estimate of drug-likeness (QED) is 0.362. The van der Waals surface area contributed by atoms with Crippen LogP contribution in [0.15, 0.2) is 0 Å². The molecule has 0 rings (SSSR count). The summed E-state index contributed by atoms with van der Waals surface area (Å²) >= 11 is 0. The summed E-state index contributed by atoms with van der Waals surface area (Å²) < 4.78 is 10.1. The fraction of sp³-hybridized carbons (Fsp3) is 1.00. The summed E-state index contributed by atoms with van der Waals surface area (Å²) in [5.41, 5.74) is 0. The third-order valence-electron chi connectivity index (χ3n) is 0.803. The summed E-state index contributed by atoms with van der Waals surface area (Å²) in [6, 6.07) is 0. The first-order valence-corrected chi connectivity index (χ1v) is 3.04. The molecule has 0 aromatic rings. The van der Waals surface area contributed by atoms with E-state index in [1.807, 2.05) is 20.8 Å². The van der Waals surface area contributed by atoms with Crippen molar-refractivity contribution in [1.29, 1.82) is 0 Å². The van der Waals surface area contributed by atoms with Crippen molar-refractivity contribution in [2.45, 2.75) is 27.1 Å². The molecular weight excluding hydrogens is 143 g/mol. The molecule has 0 aliphatic rings. The molecule has 50 valence electrons. The Hall–Kier alpha value is 1.56. The minimum atomic E-state index is -0.0370. The van der Waals surface area contributed by atoms with E-state index in [0.717, 1.165) is 13.2 Å². The summed E-state index contributed by atoms with van der Waals surface area (Å²) in [7, 11) is 0. The normalized spacial score (nSPS) is 9.33. The van der Waals surface area contributed by atoms with E-state index < -0.39 is 0 Å². The first kappa shape index (κ1) is 13.2. The van der Waals surface area contributed by atoms with Crippen LogP contribution in [0.3, 0.4) is 0 Å². The van der Waals surface area contributed by atoms with Crippen molar-refractivity contribution in [3.05, 3.63) is 0 Å². The molecule has 0 N–H and O–H groups in total. The Labute approximate surface area is 99.7 Å². The Bertz CT molecular complexity index is 44.3. The molecule has 0 saturated heterocycles. The van der Waals surface area contributed by atoms with Crippen molar-refractivity contribution in [3.63, 3.8) is 0 Å². The Morgan fingerprint density at radius 3 is 1.67 bits per heavy atom. The van der Waals surface area contributed by atoms with E-state index in [-0.39, 0.29) is 57.7 Å². The third-order valence-corrected chi connectivity index (χ3v) is 0.803. The predicted octanol–water partition coefficient (Wildman–Crippen LogP) is -1.59. The van der Waals surface area contributed by atoms with Gasteiger partial charge in [0, 0.05) is 13.2 Å². The van der Waals surface area contributed by atoms with E-state index in [2.05, 4.69) is 0 Å².